The molecule has 0 spiro atoms. The average Bonchev–Trinajstić information content (AvgIpc) is 3.00. The van der Waals surface area contributed by atoms with Gasteiger partial charge in [0, 0.05) is 24.5 Å². The van der Waals surface area contributed by atoms with Crippen molar-refractivity contribution in [2.24, 2.45) is 0 Å². The second-order valence-electron chi connectivity index (χ2n) is 6.58. The smallest absolute Gasteiger partial charge is 0.325 e. The van der Waals surface area contributed by atoms with Crippen molar-refractivity contribution in [1.29, 1.82) is 0 Å². The normalized spacial score (nSPS) is 13.8. The van der Waals surface area contributed by atoms with Crippen molar-refractivity contribution in [2.75, 3.05) is 36.5 Å². The van der Waals surface area contributed by atoms with Crippen LogP contribution in [-0.2, 0) is 4.79 Å². The van der Waals surface area contributed by atoms with Crippen LogP contribution in [0, 0.1) is 13.8 Å². The van der Waals surface area contributed by atoms with E-state index in [1.165, 1.54) is 0 Å². The molecule has 0 aromatic heterocycles. The molecule has 0 saturated carbocycles. The minimum absolute atomic E-state index is 0.0414. The molecule has 2 aromatic carbocycles. The lowest BCUT2D eigenvalue weighted by Crippen LogP contribution is -2.37. The Morgan fingerprint density at radius 3 is 2.56 bits per heavy atom. The van der Waals surface area contributed by atoms with Crippen molar-refractivity contribution < 1.29 is 14.3 Å². The zero-order chi connectivity index (χ0) is 19.4. The summed E-state index contributed by atoms with van der Waals surface area (Å²) in [6, 6.07) is 13.1. The van der Waals surface area contributed by atoms with E-state index in [1.807, 2.05) is 63.2 Å². The lowest BCUT2D eigenvalue weighted by Gasteiger charge is -2.19. The Kier molecular flexibility index (Phi) is 5.64. The molecule has 3 rings (SSSR count). The Hall–Kier alpha value is -3.02. The van der Waals surface area contributed by atoms with Gasteiger partial charge in [-0.1, -0.05) is 12.1 Å². The molecule has 2 aromatic rings. The zero-order valence-corrected chi connectivity index (χ0v) is 16.0. The second kappa shape index (κ2) is 8.12. The molecule has 1 N–H and O–H groups in total. The predicted octanol–water partition coefficient (Wildman–Crippen LogP) is 3.58. The Bertz CT molecular complexity index is 833. The molecule has 1 aliphatic rings. The van der Waals surface area contributed by atoms with Crippen molar-refractivity contribution in [2.45, 2.75) is 20.8 Å². The van der Waals surface area contributed by atoms with E-state index < -0.39 is 0 Å². The van der Waals surface area contributed by atoms with E-state index in [4.69, 9.17) is 4.74 Å². The summed E-state index contributed by atoms with van der Waals surface area (Å²) in [5, 5.41) is 2.91. The topological polar surface area (TPSA) is 61.9 Å². The van der Waals surface area contributed by atoms with Gasteiger partial charge in [0.15, 0.2) is 0 Å². The first kappa shape index (κ1) is 18.8. The third kappa shape index (κ3) is 4.22. The standard InChI is InChI=1S/C21H25N3O3/c1-4-27-18-10-8-17(9-11-18)24-13-12-23(21(24)26)14-20(25)22-19-7-5-6-15(2)16(19)3/h5-11H,4,12-14H2,1-3H3,(H,22,25). The molecule has 6 nitrogen and oxygen atoms in total. The van der Waals surface area contributed by atoms with Gasteiger partial charge >= 0.3 is 6.03 Å². The van der Waals surface area contributed by atoms with E-state index >= 15 is 0 Å². The van der Waals surface area contributed by atoms with Gasteiger partial charge in [0.25, 0.3) is 0 Å². The molecule has 0 unspecified atom stereocenters. The maximum Gasteiger partial charge on any atom is 0.325 e. The van der Waals surface area contributed by atoms with Gasteiger partial charge < -0.3 is 15.0 Å². The number of hydrogen-bond donors (Lipinski definition) is 1. The van der Waals surface area contributed by atoms with Crippen LogP contribution in [0.15, 0.2) is 42.5 Å². The first-order chi connectivity index (χ1) is 13.0. The van der Waals surface area contributed by atoms with Crippen LogP contribution in [0.2, 0.25) is 0 Å². The molecular formula is C21H25N3O3. The van der Waals surface area contributed by atoms with Crippen LogP contribution >= 0.6 is 0 Å². The second-order valence-corrected chi connectivity index (χ2v) is 6.58. The first-order valence-electron chi connectivity index (χ1n) is 9.15. The van der Waals surface area contributed by atoms with Crippen molar-refractivity contribution in [3.05, 3.63) is 53.6 Å². The molecular weight excluding hydrogens is 342 g/mol. The van der Waals surface area contributed by atoms with Gasteiger partial charge in [-0.3, -0.25) is 9.69 Å². The number of amides is 3. The number of rotatable bonds is 6. The van der Waals surface area contributed by atoms with Gasteiger partial charge in [0.05, 0.1) is 6.61 Å². The van der Waals surface area contributed by atoms with E-state index in [2.05, 4.69) is 5.32 Å². The summed E-state index contributed by atoms with van der Waals surface area (Å²) in [5.74, 6) is 0.586. The van der Waals surface area contributed by atoms with Crippen molar-refractivity contribution in [3.63, 3.8) is 0 Å². The molecule has 3 amide bonds. The number of benzene rings is 2. The van der Waals surface area contributed by atoms with Crippen molar-refractivity contribution in [1.82, 2.24) is 4.90 Å². The Morgan fingerprint density at radius 2 is 1.85 bits per heavy atom. The quantitative estimate of drug-likeness (QED) is 0.849. The van der Waals surface area contributed by atoms with E-state index in [0.717, 1.165) is 28.3 Å². The summed E-state index contributed by atoms with van der Waals surface area (Å²) in [7, 11) is 0. The van der Waals surface area contributed by atoms with Crippen LogP contribution < -0.4 is 15.0 Å². The summed E-state index contributed by atoms with van der Waals surface area (Å²) in [4.78, 5) is 28.3. The number of ether oxygens (including phenoxy) is 1. The fraction of sp³-hybridized carbons (Fsp3) is 0.333. The highest BCUT2D eigenvalue weighted by molar-refractivity contribution is 5.99. The van der Waals surface area contributed by atoms with Gasteiger partial charge in [0.1, 0.15) is 12.3 Å². The number of nitrogens with one attached hydrogen (secondary N) is 1. The average molecular weight is 367 g/mol. The fourth-order valence-corrected chi connectivity index (χ4v) is 3.11. The Labute approximate surface area is 159 Å². The molecule has 1 heterocycles. The highest BCUT2D eigenvalue weighted by Gasteiger charge is 2.30. The third-order valence-corrected chi connectivity index (χ3v) is 4.77. The zero-order valence-electron chi connectivity index (χ0n) is 16.0. The van der Waals surface area contributed by atoms with E-state index in [1.54, 1.807) is 9.80 Å². The van der Waals surface area contributed by atoms with E-state index in [9.17, 15) is 9.59 Å². The molecule has 1 aliphatic heterocycles. The van der Waals surface area contributed by atoms with Crippen LogP contribution in [0.5, 0.6) is 5.75 Å². The summed E-state index contributed by atoms with van der Waals surface area (Å²) in [6.07, 6.45) is 0. The Balaban J connectivity index is 1.61. The molecule has 27 heavy (non-hydrogen) atoms. The number of hydrogen-bond acceptors (Lipinski definition) is 3. The third-order valence-electron chi connectivity index (χ3n) is 4.77. The summed E-state index contributed by atoms with van der Waals surface area (Å²) in [6.45, 7) is 7.63. The van der Waals surface area contributed by atoms with Crippen molar-refractivity contribution >= 4 is 23.3 Å². The maximum atomic E-state index is 12.7. The highest BCUT2D eigenvalue weighted by atomic mass is 16.5. The highest BCUT2D eigenvalue weighted by Crippen LogP contribution is 2.23. The van der Waals surface area contributed by atoms with E-state index in [0.29, 0.717) is 19.7 Å². The lowest BCUT2D eigenvalue weighted by molar-refractivity contribution is -0.116. The number of urea groups is 1. The minimum Gasteiger partial charge on any atom is -0.494 e. The molecule has 0 aliphatic carbocycles. The van der Waals surface area contributed by atoms with Crippen molar-refractivity contribution in [3.8, 4) is 5.75 Å². The number of carbonyl (C=O) groups excluding carboxylic acids is 2. The molecule has 1 fully saturated rings. The van der Waals surface area contributed by atoms with E-state index in [-0.39, 0.29) is 18.5 Å². The summed E-state index contributed by atoms with van der Waals surface area (Å²) >= 11 is 0. The molecule has 6 heteroatoms. The predicted molar refractivity (Wildman–Crippen MR) is 106 cm³/mol. The van der Waals surface area contributed by atoms with Gasteiger partial charge in [-0.25, -0.2) is 4.79 Å². The van der Waals surface area contributed by atoms with Gasteiger partial charge in [0.2, 0.25) is 5.91 Å². The number of anilines is 2. The Morgan fingerprint density at radius 1 is 1.11 bits per heavy atom. The molecule has 0 atom stereocenters. The van der Waals surface area contributed by atoms with Crippen LogP contribution in [-0.4, -0.2) is 43.1 Å². The largest absolute Gasteiger partial charge is 0.494 e. The number of nitrogens with zero attached hydrogens (tertiary/aromatic N) is 2. The van der Waals surface area contributed by atoms with Gasteiger partial charge in [-0.05, 0) is 62.2 Å². The van der Waals surface area contributed by atoms with Crippen LogP contribution in [0.3, 0.4) is 0 Å². The van der Waals surface area contributed by atoms with Gasteiger partial charge in [-0.2, -0.15) is 0 Å². The number of carbonyl (C=O) groups is 2. The van der Waals surface area contributed by atoms with Crippen LogP contribution in [0.4, 0.5) is 16.2 Å². The first-order valence-corrected chi connectivity index (χ1v) is 9.15. The lowest BCUT2D eigenvalue weighted by atomic mass is 10.1. The minimum atomic E-state index is -0.189. The maximum absolute atomic E-state index is 12.7. The SMILES string of the molecule is CCOc1ccc(N2CCN(CC(=O)Nc3cccc(C)c3C)C2=O)cc1. The monoisotopic (exact) mass is 367 g/mol. The number of aryl methyl sites for hydroxylation is 1. The van der Waals surface area contributed by atoms with Gasteiger partial charge in [-0.15, -0.1) is 0 Å². The molecule has 0 radical (unpaired) electrons. The molecule has 0 bridgehead atoms. The molecule has 142 valence electrons. The van der Waals surface area contributed by atoms with Crippen LogP contribution in [0.25, 0.3) is 0 Å². The van der Waals surface area contributed by atoms with Crippen LogP contribution in [0.1, 0.15) is 18.1 Å². The molecule has 1 saturated heterocycles. The fourth-order valence-electron chi connectivity index (χ4n) is 3.11. The summed E-state index contributed by atoms with van der Waals surface area (Å²) in [5.41, 5.74) is 3.75. The summed E-state index contributed by atoms with van der Waals surface area (Å²) < 4.78 is 5.43.